The first-order valence-corrected chi connectivity index (χ1v) is 12.3. The number of rotatable bonds is 9. The lowest BCUT2D eigenvalue weighted by atomic mass is 10.1. The quantitative estimate of drug-likeness (QED) is 0.372. The van der Waals surface area contributed by atoms with E-state index < -0.39 is 10.0 Å². The van der Waals surface area contributed by atoms with E-state index in [2.05, 4.69) is 17.2 Å². The zero-order valence-electron chi connectivity index (χ0n) is 17.3. The number of hydrogen-bond acceptors (Lipinski definition) is 6. The highest BCUT2D eigenvalue weighted by Crippen LogP contribution is 2.26. The molecule has 3 N–H and O–H groups in total. The topological polar surface area (TPSA) is 124 Å². The summed E-state index contributed by atoms with van der Waals surface area (Å²) < 4.78 is 25.3. The fraction of sp³-hybridized carbons (Fsp3) is 0.286. The number of aromatic nitrogens is 2. The largest absolute Gasteiger partial charge is 0.325 e. The van der Waals surface area contributed by atoms with Crippen LogP contribution in [0.2, 0.25) is 0 Å². The summed E-state index contributed by atoms with van der Waals surface area (Å²) >= 11 is 1.28. The Labute approximate surface area is 185 Å². The van der Waals surface area contributed by atoms with Gasteiger partial charge in [-0.05, 0) is 55.8 Å². The van der Waals surface area contributed by atoms with Crippen LogP contribution in [-0.4, -0.2) is 35.4 Å². The van der Waals surface area contributed by atoms with Gasteiger partial charge in [-0.3, -0.25) is 9.59 Å². The molecule has 2 aromatic carbocycles. The average molecular weight is 461 g/mol. The van der Waals surface area contributed by atoms with Gasteiger partial charge >= 0.3 is 0 Å². The van der Waals surface area contributed by atoms with Crippen LogP contribution >= 0.6 is 11.8 Å². The normalized spacial score (nSPS) is 11.6. The Morgan fingerprint density at radius 3 is 2.48 bits per heavy atom. The van der Waals surface area contributed by atoms with Crippen LogP contribution in [0.3, 0.4) is 0 Å². The summed E-state index contributed by atoms with van der Waals surface area (Å²) in [6.07, 6.45) is 1.90. The summed E-state index contributed by atoms with van der Waals surface area (Å²) in [5, 5.41) is 8.67. The molecule has 0 fully saturated rings. The molecular weight excluding hydrogens is 436 g/mol. The van der Waals surface area contributed by atoms with E-state index in [1.54, 1.807) is 30.3 Å². The predicted octanol–water partition coefficient (Wildman–Crippen LogP) is 3.42. The average Bonchev–Trinajstić information content (AvgIpc) is 3.07. The van der Waals surface area contributed by atoms with E-state index in [0.29, 0.717) is 28.5 Å². The molecule has 0 aliphatic carbocycles. The molecule has 8 nitrogen and oxygen atoms in total. The maximum absolute atomic E-state index is 12.4. The molecule has 1 amide bonds. The Bertz CT molecular complexity index is 1220. The Hall–Kier alpha value is -2.69. The minimum Gasteiger partial charge on any atom is -0.325 e. The van der Waals surface area contributed by atoms with Gasteiger partial charge in [-0.1, -0.05) is 25.1 Å². The number of aryl methyl sites for hydroxylation is 1. The molecule has 3 rings (SSSR count). The van der Waals surface area contributed by atoms with Crippen molar-refractivity contribution in [2.24, 2.45) is 5.14 Å². The molecule has 1 aromatic heterocycles. The second kappa shape index (κ2) is 9.63. The number of carbonyl (C=O) groups is 2. The van der Waals surface area contributed by atoms with Crippen molar-refractivity contribution in [2.45, 2.75) is 43.3 Å². The highest BCUT2D eigenvalue weighted by Gasteiger charge is 2.16. The number of Topliss-reactive ketones (excluding diaryl/α,β-unsaturated/α-hetero) is 1. The number of unbranched alkanes of at least 4 members (excludes halogenated alkanes) is 1. The number of ketones is 1. The van der Waals surface area contributed by atoms with Gasteiger partial charge in [0.2, 0.25) is 15.9 Å². The first-order chi connectivity index (χ1) is 14.7. The van der Waals surface area contributed by atoms with Crippen molar-refractivity contribution < 1.29 is 18.0 Å². The fourth-order valence-electron chi connectivity index (χ4n) is 3.02. The summed E-state index contributed by atoms with van der Waals surface area (Å²) in [6, 6.07) is 11.3. The number of carbonyl (C=O) groups excluding carboxylic acids is 2. The van der Waals surface area contributed by atoms with E-state index in [1.165, 1.54) is 30.8 Å². The molecule has 1 heterocycles. The van der Waals surface area contributed by atoms with Crippen molar-refractivity contribution in [1.82, 2.24) is 9.55 Å². The van der Waals surface area contributed by atoms with Gasteiger partial charge in [0.25, 0.3) is 0 Å². The first kappa shape index (κ1) is 23.0. The number of primary sulfonamides is 1. The Morgan fingerprint density at radius 2 is 1.87 bits per heavy atom. The number of nitrogens with two attached hydrogens (primary N) is 1. The second-order valence-electron chi connectivity index (χ2n) is 7.07. The van der Waals surface area contributed by atoms with Crippen molar-refractivity contribution in [3.63, 3.8) is 0 Å². The second-order valence-corrected chi connectivity index (χ2v) is 9.57. The van der Waals surface area contributed by atoms with Crippen molar-refractivity contribution >= 4 is 50.2 Å². The van der Waals surface area contributed by atoms with Crippen LogP contribution in [0, 0.1) is 0 Å². The van der Waals surface area contributed by atoms with Gasteiger partial charge in [0, 0.05) is 17.8 Å². The molecule has 0 saturated heterocycles. The number of thioether (sulfide) groups is 1. The van der Waals surface area contributed by atoms with E-state index in [4.69, 9.17) is 5.14 Å². The number of nitrogens with one attached hydrogen (secondary N) is 1. The number of nitrogens with zero attached hydrogens (tertiary/aromatic N) is 2. The van der Waals surface area contributed by atoms with Crippen molar-refractivity contribution in [1.29, 1.82) is 0 Å². The number of imidazole rings is 1. The Balaban J connectivity index is 1.77. The van der Waals surface area contributed by atoms with E-state index in [-0.39, 0.29) is 22.3 Å². The van der Waals surface area contributed by atoms with E-state index in [9.17, 15) is 18.0 Å². The maximum Gasteiger partial charge on any atom is 0.238 e. The van der Waals surface area contributed by atoms with Gasteiger partial charge in [0.05, 0.1) is 21.7 Å². The summed E-state index contributed by atoms with van der Waals surface area (Å²) in [7, 11) is -3.82. The first-order valence-electron chi connectivity index (χ1n) is 9.75. The molecule has 0 spiro atoms. The standard InChI is InChI=1S/C21H24N4O4S2/c1-3-4-11-25-19-10-9-17(31(22,28)29)12-18(19)24-21(25)30-13-20(27)23-16-7-5-15(6-8-16)14(2)26/h5-10,12H,3-4,11,13H2,1-2H3,(H,23,27)(H2,22,28,29). The summed E-state index contributed by atoms with van der Waals surface area (Å²) in [4.78, 5) is 28.3. The summed E-state index contributed by atoms with van der Waals surface area (Å²) in [5.74, 6) is -0.115. The van der Waals surface area contributed by atoms with Crippen LogP contribution < -0.4 is 10.5 Å². The molecule has 0 aliphatic rings. The zero-order chi connectivity index (χ0) is 22.6. The van der Waals surface area contributed by atoms with Crippen LogP contribution in [0.5, 0.6) is 0 Å². The molecule has 3 aromatic rings. The molecule has 0 saturated carbocycles. The third kappa shape index (κ3) is 5.72. The zero-order valence-corrected chi connectivity index (χ0v) is 18.9. The van der Waals surface area contributed by atoms with Crippen LogP contribution in [-0.2, 0) is 21.4 Å². The fourth-order valence-corrected chi connectivity index (χ4v) is 4.40. The van der Waals surface area contributed by atoms with Crippen molar-refractivity contribution in [3.8, 4) is 0 Å². The SMILES string of the molecule is CCCCn1c(SCC(=O)Nc2ccc(C(C)=O)cc2)nc2cc(S(N)(=O)=O)ccc21. The number of benzene rings is 2. The monoisotopic (exact) mass is 460 g/mol. The van der Waals surface area contributed by atoms with Gasteiger partial charge < -0.3 is 9.88 Å². The Kier molecular flexibility index (Phi) is 7.14. The molecule has 164 valence electrons. The van der Waals surface area contributed by atoms with E-state index in [1.807, 2.05) is 4.57 Å². The summed E-state index contributed by atoms with van der Waals surface area (Å²) in [5.41, 5.74) is 2.50. The van der Waals surface area contributed by atoms with Crippen LogP contribution in [0.4, 0.5) is 5.69 Å². The molecule has 31 heavy (non-hydrogen) atoms. The maximum atomic E-state index is 12.4. The molecular formula is C21H24N4O4S2. The third-order valence-corrected chi connectivity index (χ3v) is 6.54. The lowest BCUT2D eigenvalue weighted by Crippen LogP contribution is -2.14. The van der Waals surface area contributed by atoms with Gasteiger partial charge in [0.1, 0.15) is 0 Å². The molecule has 0 bridgehead atoms. The van der Waals surface area contributed by atoms with Gasteiger partial charge in [0.15, 0.2) is 10.9 Å². The number of hydrogen-bond donors (Lipinski definition) is 2. The Morgan fingerprint density at radius 1 is 1.16 bits per heavy atom. The summed E-state index contributed by atoms with van der Waals surface area (Å²) in [6.45, 7) is 4.27. The van der Waals surface area contributed by atoms with Crippen molar-refractivity contribution in [2.75, 3.05) is 11.1 Å². The minimum absolute atomic E-state index is 0.00319. The number of fused-ring (bicyclic) bond motifs is 1. The number of anilines is 1. The lowest BCUT2D eigenvalue weighted by Gasteiger charge is -2.09. The van der Waals surface area contributed by atoms with E-state index in [0.717, 1.165) is 18.4 Å². The molecule has 0 atom stereocenters. The van der Waals surface area contributed by atoms with Crippen LogP contribution in [0.25, 0.3) is 11.0 Å². The highest BCUT2D eigenvalue weighted by atomic mass is 32.2. The minimum atomic E-state index is -3.82. The van der Waals surface area contributed by atoms with Gasteiger partial charge in [-0.25, -0.2) is 18.5 Å². The molecule has 0 unspecified atom stereocenters. The number of amides is 1. The van der Waals surface area contributed by atoms with Crippen LogP contribution in [0.15, 0.2) is 52.5 Å². The van der Waals surface area contributed by atoms with Crippen LogP contribution in [0.1, 0.15) is 37.0 Å². The highest BCUT2D eigenvalue weighted by molar-refractivity contribution is 7.99. The lowest BCUT2D eigenvalue weighted by molar-refractivity contribution is -0.113. The predicted molar refractivity (Wildman–Crippen MR) is 122 cm³/mol. The third-order valence-electron chi connectivity index (χ3n) is 4.66. The van der Waals surface area contributed by atoms with Gasteiger partial charge in [-0.2, -0.15) is 0 Å². The molecule has 10 heteroatoms. The molecule has 0 aliphatic heterocycles. The van der Waals surface area contributed by atoms with E-state index >= 15 is 0 Å². The number of sulfonamides is 1. The molecule has 0 radical (unpaired) electrons. The smallest absolute Gasteiger partial charge is 0.238 e. The van der Waals surface area contributed by atoms with Crippen molar-refractivity contribution in [3.05, 3.63) is 48.0 Å². The van der Waals surface area contributed by atoms with Gasteiger partial charge in [-0.15, -0.1) is 0 Å².